The monoisotopic (exact) mass is 273 g/mol. The van der Waals surface area contributed by atoms with E-state index in [9.17, 15) is 9.90 Å². The van der Waals surface area contributed by atoms with Crippen molar-refractivity contribution in [1.82, 2.24) is 14.8 Å². The number of aryl methyl sites for hydroxylation is 2. The smallest absolute Gasteiger partial charge is 0.337 e. The van der Waals surface area contributed by atoms with Crippen LogP contribution in [0, 0.1) is 6.92 Å². The summed E-state index contributed by atoms with van der Waals surface area (Å²) in [4.78, 5) is 15.9. The number of carbonyl (C=O) groups is 1. The maximum Gasteiger partial charge on any atom is 0.337 e. The summed E-state index contributed by atoms with van der Waals surface area (Å²) in [6.45, 7) is 7.80. The van der Waals surface area contributed by atoms with Gasteiger partial charge in [0.15, 0.2) is 0 Å². The molecule has 2 aromatic rings. The molecule has 0 atom stereocenters. The molecule has 0 aliphatic rings. The van der Waals surface area contributed by atoms with Gasteiger partial charge in [0.05, 0.1) is 22.6 Å². The van der Waals surface area contributed by atoms with Gasteiger partial charge in [-0.05, 0) is 19.1 Å². The molecule has 0 unspecified atom stereocenters. The van der Waals surface area contributed by atoms with Crippen LogP contribution in [0.1, 0.15) is 42.5 Å². The zero-order chi connectivity index (χ0) is 15.1. The number of aromatic nitrogens is 3. The van der Waals surface area contributed by atoms with Gasteiger partial charge < -0.3 is 5.11 Å². The zero-order valence-electron chi connectivity index (χ0n) is 12.4. The summed E-state index contributed by atoms with van der Waals surface area (Å²) >= 11 is 0. The van der Waals surface area contributed by atoms with Crippen LogP contribution < -0.4 is 0 Å². The largest absolute Gasteiger partial charge is 0.478 e. The standard InChI is InChI=1S/C15H19N3O2/c1-9-11(8-18(5)17-9)12-7-6-10(14(19)20)13(16-12)15(2,3)4/h6-8H,1-5H3,(H,19,20). The van der Waals surface area contributed by atoms with Crippen molar-refractivity contribution in [1.29, 1.82) is 0 Å². The van der Waals surface area contributed by atoms with Crippen LogP contribution in [0.3, 0.4) is 0 Å². The van der Waals surface area contributed by atoms with E-state index in [-0.39, 0.29) is 11.0 Å². The predicted octanol–water partition coefficient (Wildman–Crippen LogP) is 2.79. The molecule has 0 amide bonds. The van der Waals surface area contributed by atoms with Gasteiger partial charge in [-0.2, -0.15) is 5.10 Å². The summed E-state index contributed by atoms with van der Waals surface area (Å²) in [7, 11) is 1.85. The van der Waals surface area contributed by atoms with Gasteiger partial charge in [0.2, 0.25) is 0 Å². The molecular weight excluding hydrogens is 254 g/mol. The second-order valence-corrected chi connectivity index (χ2v) is 5.95. The first-order valence-corrected chi connectivity index (χ1v) is 6.45. The maximum absolute atomic E-state index is 11.3. The molecule has 2 aromatic heterocycles. The predicted molar refractivity (Wildman–Crippen MR) is 76.8 cm³/mol. The fourth-order valence-electron chi connectivity index (χ4n) is 2.20. The SMILES string of the molecule is Cc1nn(C)cc1-c1ccc(C(=O)O)c(C(C)(C)C)n1. The van der Waals surface area contributed by atoms with Crippen molar-refractivity contribution in [2.45, 2.75) is 33.1 Å². The third-order valence-electron chi connectivity index (χ3n) is 3.13. The molecule has 106 valence electrons. The summed E-state index contributed by atoms with van der Waals surface area (Å²) in [6.07, 6.45) is 1.89. The van der Waals surface area contributed by atoms with Crippen LogP contribution >= 0.6 is 0 Å². The van der Waals surface area contributed by atoms with Crippen LogP contribution in [0.5, 0.6) is 0 Å². The normalized spacial score (nSPS) is 11.7. The summed E-state index contributed by atoms with van der Waals surface area (Å²) in [5, 5.41) is 13.6. The lowest BCUT2D eigenvalue weighted by molar-refractivity contribution is 0.0693. The molecule has 2 heterocycles. The summed E-state index contributed by atoms with van der Waals surface area (Å²) < 4.78 is 1.73. The van der Waals surface area contributed by atoms with E-state index in [1.54, 1.807) is 16.8 Å². The minimum atomic E-state index is -0.947. The number of carboxylic acids is 1. The number of carboxylic acid groups (broad SMARTS) is 1. The minimum Gasteiger partial charge on any atom is -0.478 e. The summed E-state index contributed by atoms with van der Waals surface area (Å²) in [6, 6.07) is 3.36. The fourth-order valence-corrected chi connectivity index (χ4v) is 2.20. The van der Waals surface area contributed by atoms with Crippen LogP contribution in [0.2, 0.25) is 0 Å². The number of aromatic carboxylic acids is 1. The summed E-state index contributed by atoms with van der Waals surface area (Å²) in [5.74, 6) is -0.947. The van der Waals surface area contributed by atoms with Gasteiger partial charge in [0.1, 0.15) is 0 Å². The minimum absolute atomic E-state index is 0.253. The molecule has 0 saturated heterocycles. The Morgan fingerprint density at radius 3 is 2.40 bits per heavy atom. The van der Waals surface area contributed by atoms with Gasteiger partial charge >= 0.3 is 5.97 Å². The van der Waals surface area contributed by atoms with Gasteiger partial charge in [-0.25, -0.2) is 4.79 Å². The van der Waals surface area contributed by atoms with Crippen molar-refractivity contribution in [2.24, 2.45) is 7.05 Å². The van der Waals surface area contributed by atoms with Crippen molar-refractivity contribution in [3.8, 4) is 11.3 Å². The third-order valence-corrected chi connectivity index (χ3v) is 3.13. The van der Waals surface area contributed by atoms with Gasteiger partial charge in [0.25, 0.3) is 0 Å². The Morgan fingerprint density at radius 2 is 1.95 bits per heavy atom. The van der Waals surface area contributed by atoms with Crippen LogP contribution in [-0.4, -0.2) is 25.8 Å². The van der Waals surface area contributed by atoms with Gasteiger partial charge in [0, 0.05) is 24.2 Å². The number of rotatable bonds is 2. The Morgan fingerprint density at radius 1 is 1.30 bits per heavy atom. The molecule has 0 aromatic carbocycles. The highest BCUT2D eigenvalue weighted by atomic mass is 16.4. The molecule has 0 radical (unpaired) electrons. The van der Waals surface area contributed by atoms with Gasteiger partial charge in [-0.3, -0.25) is 9.67 Å². The lowest BCUT2D eigenvalue weighted by Crippen LogP contribution is -2.19. The van der Waals surface area contributed by atoms with E-state index in [1.165, 1.54) is 0 Å². The topological polar surface area (TPSA) is 68.0 Å². The molecule has 0 spiro atoms. The molecular formula is C15H19N3O2. The number of nitrogens with zero attached hydrogens (tertiary/aromatic N) is 3. The van der Waals surface area contributed by atoms with Crippen molar-refractivity contribution in [2.75, 3.05) is 0 Å². The first kappa shape index (κ1) is 14.2. The number of hydrogen-bond acceptors (Lipinski definition) is 3. The molecule has 1 N–H and O–H groups in total. The van der Waals surface area contributed by atoms with Crippen LogP contribution in [0.15, 0.2) is 18.3 Å². The van der Waals surface area contributed by atoms with Crippen molar-refractivity contribution >= 4 is 5.97 Å². The fraction of sp³-hybridized carbons (Fsp3) is 0.400. The van der Waals surface area contributed by atoms with E-state index in [0.29, 0.717) is 5.69 Å². The molecule has 5 heteroatoms. The highest BCUT2D eigenvalue weighted by molar-refractivity contribution is 5.89. The van der Waals surface area contributed by atoms with E-state index in [2.05, 4.69) is 10.1 Å². The van der Waals surface area contributed by atoms with Crippen molar-refractivity contribution in [3.05, 3.63) is 35.3 Å². The van der Waals surface area contributed by atoms with E-state index in [4.69, 9.17) is 0 Å². The van der Waals surface area contributed by atoms with Crippen LogP contribution in [-0.2, 0) is 12.5 Å². The molecule has 0 bridgehead atoms. The molecule has 20 heavy (non-hydrogen) atoms. The highest BCUT2D eigenvalue weighted by Crippen LogP contribution is 2.28. The van der Waals surface area contributed by atoms with E-state index in [1.807, 2.05) is 40.9 Å². The lowest BCUT2D eigenvalue weighted by Gasteiger charge is -2.20. The Bertz CT molecular complexity index is 666. The van der Waals surface area contributed by atoms with Crippen molar-refractivity contribution in [3.63, 3.8) is 0 Å². The highest BCUT2D eigenvalue weighted by Gasteiger charge is 2.24. The third kappa shape index (κ3) is 2.57. The Labute approximate surface area is 118 Å². The first-order chi connectivity index (χ1) is 9.20. The van der Waals surface area contributed by atoms with E-state index >= 15 is 0 Å². The molecule has 5 nitrogen and oxygen atoms in total. The van der Waals surface area contributed by atoms with Gasteiger partial charge in [-0.15, -0.1) is 0 Å². The Balaban J connectivity index is 2.64. The molecule has 0 aliphatic heterocycles. The average Bonchev–Trinajstić information content (AvgIpc) is 2.66. The average molecular weight is 273 g/mol. The van der Waals surface area contributed by atoms with E-state index in [0.717, 1.165) is 17.0 Å². The molecule has 0 aliphatic carbocycles. The Hall–Kier alpha value is -2.17. The first-order valence-electron chi connectivity index (χ1n) is 6.45. The second-order valence-electron chi connectivity index (χ2n) is 5.95. The lowest BCUT2D eigenvalue weighted by atomic mass is 9.88. The second kappa shape index (κ2) is 4.74. The molecule has 0 saturated carbocycles. The zero-order valence-corrected chi connectivity index (χ0v) is 12.4. The summed E-state index contributed by atoms with van der Waals surface area (Å²) in [5.41, 5.74) is 3.07. The van der Waals surface area contributed by atoms with Crippen LogP contribution in [0.4, 0.5) is 0 Å². The van der Waals surface area contributed by atoms with E-state index < -0.39 is 5.97 Å². The van der Waals surface area contributed by atoms with Gasteiger partial charge in [-0.1, -0.05) is 20.8 Å². The van der Waals surface area contributed by atoms with Crippen LogP contribution in [0.25, 0.3) is 11.3 Å². The number of hydrogen-bond donors (Lipinski definition) is 1. The maximum atomic E-state index is 11.3. The molecule has 0 fully saturated rings. The molecule has 2 rings (SSSR count). The van der Waals surface area contributed by atoms with Crippen molar-refractivity contribution < 1.29 is 9.90 Å². The Kier molecular flexibility index (Phi) is 3.38. The quantitative estimate of drug-likeness (QED) is 0.913. The number of pyridine rings is 1.